The third-order valence-electron chi connectivity index (χ3n) is 3.39. The van der Waals surface area contributed by atoms with Crippen LogP contribution >= 0.6 is 0 Å². The van der Waals surface area contributed by atoms with Crippen molar-refractivity contribution in [3.63, 3.8) is 0 Å². The summed E-state index contributed by atoms with van der Waals surface area (Å²) in [5, 5.41) is 0. The van der Waals surface area contributed by atoms with E-state index in [2.05, 4.69) is 4.98 Å². The Morgan fingerprint density at radius 1 is 1.11 bits per heavy atom. The number of hydrogen-bond acceptors (Lipinski definition) is 3. The second-order valence-corrected chi connectivity index (χ2v) is 4.56. The van der Waals surface area contributed by atoms with E-state index in [1.807, 2.05) is 31.2 Å². The Kier molecular flexibility index (Phi) is 2.45. The fraction of sp³-hybridized carbons (Fsp3) is 0.133. The summed E-state index contributed by atoms with van der Waals surface area (Å²) in [5.74, 6) is -0.950. The van der Waals surface area contributed by atoms with Crippen LogP contribution in [0.2, 0.25) is 0 Å². The van der Waals surface area contributed by atoms with Crippen LogP contribution in [0.15, 0.2) is 36.5 Å². The number of nitrogens with zero attached hydrogens (tertiary/aromatic N) is 2. The Hall–Kier alpha value is -2.49. The number of pyridine rings is 1. The maximum Gasteiger partial charge on any atom is 0.299 e. The predicted molar refractivity (Wildman–Crippen MR) is 72.2 cm³/mol. The first-order chi connectivity index (χ1) is 9.11. The van der Waals surface area contributed by atoms with Gasteiger partial charge in [0.25, 0.3) is 11.7 Å². The molecule has 1 aliphatic heterocycles. The standard InChI is InChI=1S/C15H12N2O2/c1-9-5-4-8-16-13(9)10-6-3-7-11-12(10)14(18)15(19)17(11)2/h3-8H,1-2H3. The number of anilines is 1. The van der Waals surface area contributed by atoms with Gasteiger partial charge in [-0.25, -0.2) is 0 Å². The normalized spacial score (nSPS) is 13.9. The van der Waals surface area contributed by atoms with Crippen LogP contribution in [0.25, 0.3) is 11.3 Å². The van der Waals surface area contributed by atoms with Crippen molar-refractivity contribution in [3.8, 4) is 11.3 Å². The summed E-state index contributed by atoms with van der Waals surface area (Å²) >= 11 is 0. The molecule has 0 saturated heterocycles. The highest BCUT2D eigenvalue weighted by Gasteiger charge is 2.35. The van der Waals surface area contributed by atoms with Gasteiger partial charge >= 0.3 is 0 Å². The number of Topliss-reactive ketones (excluding diaryl/α,β-unsaturated/α-hetero) is 1. The van der Waals surface area contributed by atoms with E-state index in [0.29, 0.717) is 11.3 Å². The number of amides is 1. The lowest BCUT2D eigenvalue weighted by Gasteiger charge is -2.11. The third-order valence-corrected chi connectivity index (χ3v) is 3.39. The number of likely N-dealkylation sites (N-methyl/N-ethyl adjacent to an activating group) is 1. The maximum absolute atomic E-state index is 12.1. The molecule has 0 N–H and O–H groups in total. The van der Waals surface area contributed by atoms with Gasteiger partial charge in [-0.3, -0.25) is 14.6 Å². The van der Waals surface area contributed by atoms with Gasteiger partial charge in [0.1, 0.15) is 0 Å². The van der Waals surface area contributed by atoms with E-state index in [0.717, 1.165) is 16.8 Å². The van der Waals surface area contributed by atoms with E-state index in [4.69, 9.17) is 0 Å². The molecule has 0 fully saturated rings. The highest BCUT2D eigenvalue weighted by Crippen LogP contribution is 2.36. The number of benzene rings is 1. The molecule has 1 aromatic carbocycles. The number of aryl methyl sites for hydroxylation is 1. The van der Waals surface area contributed by atoms with Crippen LogP contribution in [0.4, 0.5) is 5.69 Å². The largest absolute Gasteiger partial charge is 0.308 e. The molecule has 0 atom stereocenters. The molecule has 0 aliphatic carbocycles. The molecule has 1 aromatic heterocycles. The van der Waals surface area contributed by atoms with Crippen LogP contribution in [0, 0.1) is 6.92 Å². The highest BCUT2D eigenvalue weighted by molar-refractivity contribution is 6.53. The minimum absolute atomic E-state index is 0.455. The molecule has 4 heteroatoms. The first kappa shape index (κ1) is 11.6. The molecule has 19 heavy (non-hydrogen) atoms. The SMILES string of the molecule is Cc1cccnc1-c1cccc2c1C(=O)C(=O)N2C. The first-order valence-corrected chi connectivity index (χ1v) is 5.98. The third kappa shape index (κ3) is 1.57. The van der Waals surface area contributed by atoms with Gasteiger partial charge in [0.2, 0.25) is 0 Å². The van der Waals surface area contributed by atoms with Crippen molar-refractivity contribution in [1.82, 2.24) is 4.98 Å². The van der Waals surface area contributed by atoms with Crippen LogP contribution in [0.3, 0.4) is 0 Å². The number of fused-ring (bicyclic) bond motifs is 1. The van der Waals surface area contributed by atoms with Crippen LogP contribution in [-0.2, 0) is 4.79 Å². The molecular weight excluding hydrogens is 240 g/mol. The number of carbonyl (C=O) groups is 2. The summed E-state index contributed by atoms with van der Waals surface area (Å²) in [6.07, 6.45) is 1.69. The van der Waals surface area contributed by atoms with Gasteiger partial charge in [0.05, 0.1) is 16.9 Å². The van der Waals surface area contributed by atoms with Gasteiger partial charge in [-0.15, -0.1) is 0 Å². The summed E-state index contributed by atoms with van der Waals surface area (Å²) in [5.41, 5.74) is 3.55. The van der Waals surface area contributed by atoms with E-state index in [9.17, 15) is 9.59 Å². The van der Waals surface area contributed by atoms with Crippen LogP contribution in [-0.4, -0.2) is 23.7 Å². The lowest BCUT2D eigenvalue weighted by Crippen LogP contribution is -2.24. The fourth-order valence-electron chi connectivity index (χ4n) is 2.39. The van der Waals surface area contributed by atoms with Crippen molar-refractivity contribution in [3.05, 3.63) is 47.7 Å². The Morgan fingerprint density at radius 2 is 1.89 bits per heavy atom. The predicted octanol–water partition coefficient (Wildman–Crippen LogP) is 2.22. The summed E-state index contributed by atoms with van der Waals surface area (Å²) < 4.78 is 0. The van der Waals surface area contributed by atoms with Crippen molar-refractivity contribution in [2.45, 2.75) is 6.92 Å². The van der Waals surface area contributed by atoms with Gasteiger partial charge in [0.15, 0.2) is 0 Å². The van der Waals surface area contributed by atoms with E-state index < -0.39 is 11.7 Å². The molecule has 0 unspecified atom stereocenters. The van der Waals surface area contributed by atoms with Crippen LogP contribution in [0.5, 0.6) is 0 Å². The van der Waals surface area contributed by atoms with Crippen LogP contribution in [0.1, 0.15) is 15.9 Å². The molecular formula is C15H12N2O2. The average molecular weight is 252 g/mol. The number of carbonyl (C=O) groups excluding carboxylic acids is 2. The van der Waals surface area contributed by atoms with Crippen molar-refractivity contribution >= 4 is 17.4 Å². The Balaban J connectivity index is 2.30. The van der Waals surface area contributed by atoms with Gasteiger partial charge in [-0.2, -0.15) is 0 Å². The minimum Gasteiger partial charge on any atom is -0.308 e. The fourth-order valence-corrected chi connectivity index (χ4v) is 2.39. The molecule has 0 saturated carbocycles. The molecule has 0 spiro atoms. The molecule has 1 amide bonds. The molecule has 0 bridgehead atoms. The lowest BCUT2D eigenvalue weighted by atomic mass is 9.98. The zero-order valence-electron chi connectivity index (χ0n) is 10.7. The quantitative estimate of drug-likeness (QED) is 0.731. The smallest absolute Gasteiger partial charge is 0.299 e. The molecule has 4 nitrogen and oxygen atoms in total. The average Bonchev–Trinajstić information content (AvgIpc) is 2.65. The molecule has 2 aromatic rings. The van der Waals surface area contributed by atoms with Crippen molar-refractivity contribution in [2.75, 3.05) is 11.9 Å². The second-order valence-electron chi connectivity index (χ2n) is 4.56. The van der Waals surface area contributed by atoms with Crippen LogP contribution < -0.4 is 4.90 Å². The molecule has 0 radical (unpaired) electrons. The van der Waals surface area contributed by atoms with Gasteiger partial charge in [-0.1, -0.05) is 18.2 Å². The van der Waals surface area contributed by atoms with E-state index in [1.54, 1.807) is 19.3 Å². The molecule has 1 aliphatic rings. The summed E-state index contributed by atoms with van der Waals surface area (Å²) in [6.45, 7) is 1.94. The minimum atomic E-state index is -0.490. The summed E-state index contributed by atoms with van der Waals surface area (Å²) in [7, 11) is 1.61. The van der Waals surface area contributed by atoms with Crippen molar-refractivity contribution < 1.29 is 9.59 Å². The Morgan fingerprint density at radius 3 is 2.63 bits per heavy atom. The zero-order valence-corrected chi connectivity index (χ0v) is 10.7. The van der Waals surface area contributed by atoms with Crippen molar-refractivity contribution in [2.24, 2.45) is 0 Å². The summed E-state index contributed by atoms with van der Waals surface area (Å²) in [6, 6.07) is 9.23. The number of hydrogen-bond donors (Lipinski definition) is 0. The van der Waals surface area contributed by atoms with Crippen molar-refractivity contribution in [1.29, 1.82) is 0 Å². The Labute approximate surface area is 110 Å². The number of ketones is 1. The van der Waals surface area contributed by atoms with E-state index in [1.165, 1.54) is 4.90 Å². The molecule has 3 rings (SSSR count). The number of rotatable bonds is 1. The zero-order chi connectivity index (χ0) is 13.6. The van der Waals surface area contributed by atoms with Gasteiger partial charge in [-0.05, 0) is 24.6 Å². The van der Waals surface area contributed by atoms with E-state index >= 15 is 0 Å². The monoisotopic (exact) mass is 252 g/mol. The lowest BCUT2D eigenvalue weighted by molar-refractivity contribution is -0.114. The second kappa shape index (κ2) is 4.02. The van der Waals surface area contributed by atoms with E-state index in [-0.39, 0.29) is 0 Å². The molecule has 2 heterocycles. The number of aromatic nitrogens is 1. The van der Waals surface area contributed by atoms with Gasteiger partial charge in [0, 0.05) is 18.8 Å². The van der Waals surface area contributed by atoms with Gasteiger partial charge < -0.3 is 4.90 Å². The molecule has 94 valence electrons. The highest BCUT2D eigenvalue weighted by atomic mass is 16.2. The summed E-state index contributed by atoms with van der Waals surface area (Å²) in [4.78, 5) is 29.6. The maximum atomic E-state index is 12.1. The first-order valence-electron chi connectivity index (χ1n) is 5.98. The topological polar surface area (TPSA) is 50.3 Å². The Bertz CT molecular complexity index is 707.